The number of nitrogens with one attached hydrogen (secondary N) is 1. The second kappa shape index (κ2) is 6.99. The van der Waals surface area contributed by atoms with Crippen molar-refractivity contribution in [1.29, 1.82) is 0 Å². The fraction of sp³-hybridized carbons (Fsp3) is 0.294. The lowest BCUT2D eigenvalue weighted by Gasteiger charge is -2.32. The lowest BCUT2D eigenvalue weighted by Crippen LogP contribution is -2.33. The zero-order valence-corrected chi connectivity index (χ0v) is 15.0. The average Bonchev–Trinajstić information content (AvgIpc) is 2.53. The van der Waals surface area contributed by atoms with Crippen LogP contribution in [0.1, 0.15) is 36.5 Å². The van der Waals surface area contributed by atoms with Gasteiger partial charge in [-0.25, -0.2) is 18.8 Å². The van der Waals surface area contributed by atoms with Crippen LogP contribution >= 0.6 is 11.8 Å². The van der Waals surface area contributed by atoms with E-state index in [4.69, 9.17) is 5.73 Å². The maximum atomic E-state index is 13.7. The molecule has 0 unspecified atom stereocenters. The third-order valence-electron chi connectivity index (χ3n) is 3.96. The Kier molecular flexibility index (Phi) is 4.90. The average molecular weight is 377 g/mol. The van der Waals surface area contributed by atoms with Crippen LogP contribution in [0.15, 0.2) is 35.6 Å². The largest absolute Gasteiger partial charge is 0.379 e. The van der Waals surface area contributed by atoms with E-state index in [1.165, 1.54) is 18.0 Å². The number of nitrogens with zero attached hydrogens (tertiary/aromatic N) is 3. The normalized spacial score (nSPS) is 22.6. The summed E-state index contributed by atoms with van der Waals surface area (Å²) in [5.74, 6) is -2.66. The van der Waals surface area contributed by atoms with E-state index in [2.05, 4.69) is 27.2 Å². The van der Waals surface area contributed by atoms with Crippen LogP contribution in [0.3, 0.4) is 0 Å². The molecule has 2 aromatic heterocycles. The minimum atomic E-state index is -1.03. The zero-order chi connectivity index (χ0) is 18.9. The lowest BCUT2D eigenvalue weighted by molar-refractivity contribution is 0.101. The number of rotatable bonds is 3. The van der Waals surface area contributed by atoms with E-state index in [0.29, 0.717) is 22.6 Å². The molecule has 0 radical (unpaired) electrons. The quantitative estimate of drug-likeness (QED) is 0.857. The highest BCUT2D eigenvalue weighted by Gasteiger charge is 2.34. The Morgan fingerprint density at radius 2 is 2.15 bits per heavy atom. The van der Waals surface area contributed by atoms with E-state index in [9.17, 15) is 13.6 Å². The van der Waals surface area contributed by atoms with E-state index in [0.717, 1.165) is 12.6 Å². The maximum Gasteiger partial charge on any atom is 0.277 e. The number of aromatic nitrogens is 2. The molecule has 2 atom stereocenters. The Labute approximate surface area is 153 Å². The predicted octanol–water partition coefficient (Wildman–Crippen LogP) is 3.06. The van der Waals surface area contributed by atoms with Crippen molar-refractivity contribution in [3.8, 4) is 0 Å². The van der Waals surface area contributed by atoms with Crippen molar-refractivity contribution < 1.29 is 13.6 Å². The maximum absolute atomic E-state index is 13.7. The molecule has 26 heavy (non-hydrogen) atoms. The summed E-state index contributed by atoms with van der Waals surface area (Å²) in [6.45, 7) is 3.98. The fourth-order valence-electron chi connectivity index (χ4n) is 2.86. The molecule has 0 spiro atoms. The standard InChI is InChI=1S/C17H17F2N5OS/c1-9-7-17(2,24-16(20)26-9)13-6-11(3-4-21-13)23-15(25)14-12(19)5-10(18)8-22-14/h3-6,8-9H,7H2,1-2H3,(H2,20,24)(H,21,23,25)/t9-,17+/m1/s1. The Balaban J connectivity index is 1.86. The van der Waals surface area contributed by atoms with E-state index in [1.807, 2.05) is 6.92 Å². The summed E-state index contributed by atoms with van der Waals surface area (Å²) in [6.07, 6.45) is 3.05. The van der Waals surface area contributed by atoms with Gasteiger partial charge in [0.2, 0.25) is 0 Å². The number of anilines is 1. The van der Waals surface area contributed by atoms with Gasteiger partial charge in [0, 0.05) is 23.2 Å². The molecule has 1 aliphatic rings. The van der Waals surface area contributed by atoms with E-state index in [1.54, 1.807) is 12.1 Å². The summed E-state index contributed by atoms with van der Waals surface area (Å²) in [5, 5.41) is 3.31. The van der Waals surface area contributed by atoms with Gasteiger partial charge in [0.1, 0.15) is 11.4 Å². The van der Waals surface area contributed by atoms with Crippen LogP contribution in [0.4, 0.5) is 14.5 Å². The van der Waals surface area contributed by atoms with Crippen LogP contribution in [0.5, 0.6) is 0 Å². The topological polar surface area (TPSA) is 93.3 Å². The summed E-state index contributed by atoms with van der Waals surface area (Å²) < 4.78 is 26.6. The molecule has 0 bridgehead atoms. The molecular formula is C17H17F2N5OS. The monoisotopic (exact) mass is 377 g/mol. The van der Waals surface area contributed by atoms with Gasteiger partial charge in [-0.2, -0.15) is 0 Å². The highest BCUT2D eigenvalue weighted by Crippen LogP contribution is 2.38. The number of amides is 1. The second-order valence-corrected chi connectivity index (χ2v) is 7.68. The predicted molar refractivity (Wildman–Crippen MR) is 97.0 cm³/mol. The first-order chi connectivity index (χ1) is 12.3. The Hall–Kier alpha value is -2.55. The van der Waals surface area contributed by atoms with Crippen molar-refractivity contribution in [1.82, 2.24) is 9.97 Å². The number of carbonyl (C=O) groups excluding carboxylic acids is 1. The van der Waals surface area contributed by atoms with Gasteiger partial charge in [-0.05, 0) is 25.5 Å². The van der Waals surface area contributed by atoms with Crippen LogP contribution in [-0.4, -0.2) is 26.3 Å². The summed E-state index contributed by atoms with van der Waals surface area (Å²) in [6, 6.07) is 3.85. The molecule has 9 heteroatoms. The van der Waals surface area contributed by atoms with Crippen LogP contribution < -0.4 is 11.1 Å². The number of aliphatic imine (C=N–C) groups is 1. The van der Waals surface area contributed by atoms with Gasteiger partial charge in [0.15, 0.2) is 16.7 Å². The first-order valence-corrected chi connectivity index (χ1v) is 8.76. The van der Waals surface area contributed by atoms with Gasteiger partial charge < -0.3 is 11.1 Å². The molecule has 0 fully saturated rings. The Morgan fingerprint density at radius 1 is 1.38 bits per heavy atom. The van der Waals surface area contributed by atoms with Gasteiger partial charge in [-0.3, -0.25) is 9.78 Å². The van der Waals surface area contributed by atoms with Gasteiger partial charge in [-0.1, -0.05) is 18.7 Å². The van der Waals surface area contributed by atoms with Crippen LogP contribution in [0, 0.1) is 11.6 Å². The SMILES string of the molecule is C[C@@H]1C[C@@](C)(c2cc(NC(=O)c3ncc(F)cc3F)ccn2)N=C(N)S1. The molecule has 0 saturated carbocycles. The number of amidine groups is 1. The molecule has 3 rings (SSSR count). The second-order valence-electron chi connectivity index (χ2n) is 6.22. The molecule has 0 aliphatic carbocycles. The molecule has 1 amide bonds. The van der Waals surface area contributed by atoms with Crippen LogP contribution in [0.2, 0.25) is 0 Å². The number of nitrogens with two attached hydrogens (primary N) is 1. The summed E-state index contributed by atoms with van der Waals surface area (Å²) in [5.41, 5.74) is 5.84. The molecule has 0 aromatic carbocycles. The summed E-state index contributed by atoms with van der Waals surface area (Å²) >= 11 is 1.50. The van der Waals surface area contributed by atoms with Crippen molar-refractivity contribution in [2.45, 2.75) is 31.1 Å². The number of hydrogen-bond donors (Lipinski definition) is 2. The highest BCUT2D eigenvalue weighted by molar-refractivity contribution is 8.14. The third kappa shape index (κ3) is 3.82. The molecule has 6 nitrogen and oxygen atoms in total. The van der Waals surface area contributed by atoms with Crippen molar-refractivity contribution >= 4 is 28.5 Å². The van der Waals surface area contributed by atoms with Crippen LogP contribution in [0.25, 0.3) is 0 Å². The van der Waals surface area contributed by atoms with Gasteiger partial charge in [0.05, 0.1) is 11.9 Å². The van der Waals surface area contributed by atoms with E-state index in [-0.39, 0.29) is 5.25 Å². The first-order valence-electron chi connectivity index (χ1n) is 7.88. The smallest absolute Gasteiger partial charge is 0.277 e. The molecule has 0 saturated heterocycles. The number of pyridine rings is 2. The first kappa shape index (κ1) is 18.2. The minimum Gasteiger partial charge on any atom is -0.379 e. The zero-order valence-electron chi connectivity index (χ0n) is 14.2. The summed E-state index contributed by atoms with van der Waals surface area (Å²) in [4.78, 5) is 24.6. The molecule has 3 N–H and O–H groups in total. The molecule has 1 aliphatic heterocycles. The fourth-order valence-corrected chi connectivity index (χ4v) is 3.93. The highest BCUT2D eigenvalue weighted by atomic mass is 32.2. The number of thioether (sulfide) groups is 1. The third-order valence-corrected chi connectivity index (χ3v) is 4.86. The number of carbonyl (C=O) groups is 1. The van der Waals surface area contributed by atoms with E-state index < -0.39 is 28.8 Å². The van der Waals surface area contributed by atoms with Gasteiger partial charge in [-0.15, -0.1) is 0 Å². The number of hydrogen-bond acceptors (Lipinski definition) is 6. The Bertz CT molecular complexity index is 891. The van der Waals surface area contributed by atoms with E-state index >= 15 is 0 Å². The van der Waals surface area contributed by atoms with Crippen molar-refractivity contribution in [2.24, 2.45) is 10.7 Å². The van der Waals surface area contributed by atoms with Gasteiger partial charge >= 0.3 is 0 Å². The van der Waals surface area contributed by atoms with Crippen molar-refractivity contribution in [3.05, 3.63) is 53.6 Å². The Morgan fingerprint density at radius 3 is 2.85 bits per heavy atom. The molecular weight excluding hydrogens is 360 g/mol. The molecule has 3 heterocycles. The lowest BCUT2D eigenvalue weighted by atomic mass is 9.91. The van der Waals surface area contributed by atoms with Crippen LogP contribution in [-0.2, 0) is 5.54 Å². The van der Waals surface area contributed by atoms with Crippen molar-refractivity contribution in [2.75, 3.05) is 5.32 Å². The minimum absolute atomic E-state index is 0.273. The van der Waals surface area contributed by atoms with Crippen molar-refractivity contribution in [3.63, 3.8) is 0 Å². The molecule has 136 valence electrons. The number of halogens is 2. The molecule has 2 aromatic rings. The summed E-state index contributed by atoms with van der Waals surface area (Å²) in [7, 11) is 0. The van der Waals surface area contributed by atoms with Gasteiger partial charge in [0.25, 0.3) is 5.91 Å².